The van der Waals surface area contributed by atoms with E-state index in [9.17, 15) is 0 Å². The molecule has 0 heterocycles. The van der Waals surface area contributed by atoms with Crippen LogP contribution in [0.4, 0.5) is 0 Å². The van der Waals surface area contributed by atoms with E-state index in [4.69, 9.17) is 21.1 Å². The maximum absolute atomic E-state index is 6.59. The zero-order chi connectivity index (χ0) is 21.7. The predicted molar refractivity (Wildman–Crippen MR) is 123 cm³/mol. The lowest BCUT2D eigenvalue weighted by Crippen LogP contribution is -2.41. The van der Waals surface area contributed by atoms with Gasteiger partial charge in [-0.3, -0.25) is 0 Å². The third-order valence-electron chi connectivity index (χ3n) is 4.66. The predicted octanol–water partition coefficient (Wildman–Crippen LogP) is 6.93. The second kappa shape index (κ2) is 9.86. The van der Waals surface area contributed by atoms with Crippen molar-refractivity contribution in [3.63, 3.8) is 0 Å². The lowest BCUT2D eigenvalue weighted by molar-refractivity contribution is 0.240. The average Bonchev–Trinajstić information content (AvgIpc) is 2.60. The van der Waals surface area contributed by atoms with Gasteiger partial charge in [0.2, 0.25) is 0 Å². The van der Waals surface area contributed by atoms with Gasteiger partial charge in [0.25, 0.3) is 0 Å². The van der Waals surface area contributed by atoms with Crippen molar-refractivity contribution in [2.45, 2.75) is 73.6 Å². The Kier molecular flexibility index (Phi) is 8.02. The number of halogens is 1. The van der Waals surface area contributed by atoms with Crippen LogP contribution in [0.25, 0.3) is 0 Å². The lowest BCUT2D eigenvalue weighted by Gasteiger charge is -2.33. The molecule has 0 unspecified atom stereocenters. The van der Waals surface area contributed by atoms with Crippen molar-refractivity contribution in [1.82, 2.24) is 5.32 Å². The number of hydrogen-bond acceptors (Lipinski definition) is 3. The second-order valence-corrected chi connectivity index (χ2v) is 9.98. The number of ether oxygens (including phenoxy) is 2. The Hall–Kier alpha value is -1.71. The molecule has 0 bridgehead atoms. The SMILES string of the molecule is CCOc1cc(CNC(C)(C)CC(C)(C)C)c(Cl)cc1OCc1ccc(C)cc1. The van der Waals surface area contributed by atoms with Gasteiger partial charge in [-0.2, -0.15) is 0 Å². The van der Waals surface area contributed by atoms with Crippen LogP contribution >= 0.6 is 11.6 Å². The Balaban J connectivity index is 2.12. The summed E-state index contributed by atoms with van der Waals surface area (Å²) in [5, 5.41) is 4.33. The standard InChI is InChI=1S/C25H36ClNO2/c1-8-28-22-13-20(15-27-25(6,7)17-24(3,4)5)21(26)14-23(22)29-16-19-11-9-18(2)10-12-19/h9-14,27H,8,15-17H2,1-7H3. The van der Waals surface area contributed by atoms with Gasteiger partial charge >= 0.3 is 0 Å². The number of benzene rings is 2. The van der Waals surface area contributed by atoms with Gasteiger partial charge in [0.1, 0.15) is 6.61 Å². The van der Waals surface area contributed by atoms with E-state index in [-0.39, 0.29) is 11.0 Å². The molecular weight excluding hydrogens is 382 g/mol. The highest BCUT2D eigenvalue weighted by Gasteiger charge is 2.25. The summed E-state index contributed by atoms with van der Waals surface area (Å²) in [7, 11) is 0. The first-order valence-corrected chi connectivity index (χ1v) is 10.8. The summed E-state index contributed by atoms with van der Waals surface area (Å²) in [5.41, 5.74) is 3.62. The molecule has 1 N–H and O–H groups in total. The summed E-state index contributed by atoms with van der Waals surface area (Å²) >= 11 is 6.59. The minimum absolute atomic E-state index is 0.00790. The molecule has 29 heavy (non-hydrogen) atoms. The summed E-state index contributed by atoms with van der Waals surface area (Å²) in [6.07, 6.45) is 1.06. The molecule has 0 amide bonds. The van der Waals surface area contributed by atoms with Crippen molar-refractivity contribution in [2.24, 2.45) is 5.41 Å². The highest BCUT2D eigenvalue weighted by molar-refractivity contribution is 6.31. The van der Waals surface area contributed by atoms with E-state index in [0.29, 0.717) is 30.5 Å². The van der Waals surface area contributed by atoms with Gasteiger partial charge in [-0.1, -0.05) is 62.2 Å². The number of nitrogens with one attached hydrogen (secondary N) is 1. The van der Waals surface area contributed by atoms with Gasteiger partial charge in [-0.05, 0) is 56.7 Å². The molecule has 2 aromatic carbocycles. The number of aryl methyl sites for hydroxylation is 1. The molecule has 160 valence electrons. The third-order valence-corrected chi connectivity index (χ3v) is 5.01. The maximum atomic E-state index is 6.59. The Morgan fingerprint density at radius 3 is 2.14 bits per heavy atom. The van der Waals surface area contributed by atoms with Crippen LogP contribution in [-0.4, -0.2) is 12.1 Å². The van der Waals surface area contributed by atoms with Crippen LogP contribution in [0.3, 0.4) is 0 Å². The summed E-state index contributed by atoms with van der Waals surface area (Å²) in [6, 6.07) is 12.2. The van der Waals surface area contributed by atoms with Crippen LogP contribution in [0.2, 0.25) is 5.02 Å². The van der Waals surface area contributed by atoms with Crippen LogP contribution in [-0.2, 0) is 13.2 Å². The first-order valence-electron chi connectivity index (χ1n) is 10.4. The zero-order valence-electron chi connectivity index (χ0n) is 19.0. The van der Waals surface area contributed by atoms with E-state index >= 15 is 0 Å². The van der Waals surface area contributed by atoms with Gasteiger partial charge in [-0.15, -0.1) is 0 Å². The first kappa shape index (κ1) is 23.6. The molecule has 0 fully saturated rings. The van der Waals surface area contributed by atoms with E-state index in [1.165, 1.54) is 5.56 Å². The monoisotopic (exact) mass is 417 g/mol. The van der Waals surface area contributed by atoms with Crippen molar-refractivity contribution in [2.75, 3.05) is 6.61 Å². The summed E-state index contributed by atoms with van der Waals surface area (Å²) in [5.74, 6) is 1.41. The van der Waals surface area contributed by atoms with E-state index in [1.54, 1.807) is 0 Å². The number of hydrogen-bond donors (Lipinski definition) is 1. The molecule has 3 nitrogen and oxygen atoms in total. The van der Waals surface area contributed by atoms with Crippen molar-refractivity contribution in [3.05, 3.63) is 58.1 Å². The van der Waals surface area contributed by atoms with Gasteiger partial charge in [-0.25, -0.2) is 0 Å². The molecule has 4 heteroatoms. The molecule has 0 spiro atoms. The smallest absolute Gasteiger partial charge is 0.163 e. The summed E-state index contributed by atoms with van der Waals surface area (Å²) < 4.78 is 11.9. The van der Waals surface area contributed by atoms with E-state index in [0.717, 1.165) is 23.3 Å². The molecule has 2 aromatic rings. The molecule has 0 aliphatic carbocycles. The van der Waals surface area contributed by atoms with Crippen LogP contribution < -0.4 is 14.8 Å². The van der Waals surface area contributed by atoms with Crippen molar-refractivity contribution < 1.29 is 9.47 Å². The highest BCUT2D eigenvalue weighted by atomic mass is 35.5. The highest BCUT2D eigenvalue weighted by Crippen LogP contribution is 2.35. The quantitative estimate of drug-likeness (QED) is 0.479. The molecule has 0 atom stereocenters. The molecule has 0 aliphatic rings. The first-order chi connectivity index (χ1) is 13.5. The lowest BCUT2D eigenvalue weighted by atomic mass is 9.82. The van der Waals surface area contributed by atoms with Crippen LogP contribution in [0.15, 0.2) is 36.4 Å². The van der Waals surface area contributed by atoms with Gasteiger partial charge < -0.3 is 14.8 Å². The fraction of sp³-hybridized carbons (Fsp3) is 0.520. The Bertz CT molecular complexity index is 792. The van der Waals surface area contributed by atoms with E-state index in [1.807, 2.05) is 19.1 Å². The largest absolute Gasteiger partial charge is 0.490 e. The Labute approximate surface area is 181 Å². The van der Waals surface area contributed by atoms with Crippen LogP contribution in [0, 0.1) is 12.3 Å². The van der Waals surface area contributed by atoms with Crippen molar-refractivity contribution in [1.29, 1.82) is 0 Å². The molecule has 0 aliphatic heterocycles. The van der Waals surface area contributed by atoms with E-state index < -0.39 is 0 Å². The molecule has 0 radical (unpaired) electrons. The Morgan fingerprint density at radius 1 is 0.931 bits per heavy atom. The molecule has 0 saturated heterocycles. The van der Waals surface area contributed by atoms with Gasteiger partial charge in [0.05, 0.1) is 6.61 Å². The second-order valence-electron chi connectivity index (χ2n) is 9.57. The van der Waals surface area contributed by atoms with Crippen molar-refractivity contribution >= 4 is 11.6 Å². The molecule has 0 aromatic heterocycles. The fourth-order valence-electron chi connectivity index (χ4n) is 3.66. The van der Waals surface area contributed by atoms with Crippen molar-refractivity contribution in [3.8, 4) is 11.5 Å². The maximum Gasteiger partial charge on any atom is 0.163 e. The number of rotatable bonds is 9. The van der Waals surface area contributed by atoms with Crippen LogP contribution in [0.5, 0.6) is 11.5 Å². The van der Waals surface area contributed by atoms with Gasteiger partial charge in [0.15, 0.2) is 11.5 Å². The van der Waals surface area contributed by atoms with Gasteiger partial charge in [0, 0.05) is 23.2 Å². The molecule has 2 rings (SSSR count). The Morgan fingerprint density at radius 2 is 1.55 bits per heavy atom. The molecule has 0 saturated carbocycles. The van der Waals surface area contributed by atoms with E-state index in [2.05, 4.69) is 71.1 Å². The topological polar surface area (TPSA) is 30.5 Å². The normalized spacial score (nSPS) is 12.1. The minimum atomic E-state index is 0.00790. The third kappa shape index (κ3) is 7.91. The molecular formula is C25H36ClNO2. The zero-order valence-corrected chi connectivity index (χ0v) is 19.7. The fourth-order valence-corrected chi connectivity index (χ4v) is 3.88. The summed E-state index contributed by atoms with van der Waals surface area (Å²) in [6.45, 7) is 17.0. The summed E-state index contributed by atoms with van der Waals surface area (Å²) in [4.78, 5) is 0. The van der Waals surface area contributed by atoms with Crippen LogP contribution in [0.1, 0.15) is 64.7 Å². The minimum Gasteiger partial charge on any atom is -0.490 e. The average molecular weight is 418 g/mol.